The number of nitrogens with zero attached hydrogens (tertiary/aromatic N) is 2. The molecule has 0 bridgehead atoms. The third-order valence-corrected chi connectivity index (χ3v) is 8.47. The molecule has 12 heteroatoms. The SMILES string of the molecule is CCNC(=O)C1CCC(NC(=O)c2cc3cc(Cl)ccc3[nH]2)C(NC(=O)c2nc3c(s2)CN(C)CC3)C1.Cl. The van der Waals surface area contributed by atoms with Crippen molar-refractivity contribution >= 4 is 64.0 Å². The van der Waals surface area contributed by atoms with Gasteiger partial charge in [0.2, 0.25) is 5.91 Å². The molecule has 0 spiro atoms. The van der Waals surface area contributed by atoms with Gasteiger partial charge in [0.05, 0.1) is 11.7 Å². The summed E-state index contributed by atoms with van der Waals surface area (Å²) in [5.74, 6) is -0.776. The van der Waals surface area contributed by atoms with Crippen molar-refractivity contribution in [3.8, 4) is 0 Å². The fraction of sp³-hybridized carbons (Fsp3) is 0.462. The number of likely N-dealkylation sites (N-methyl/N-ethyl adjacent to an activating group) is 1. The quantitative estimate of drug-likeness (QED) is 0.357. The summed E-state index contributed by atoms with van der Waals surface area (Å²) in [6.07, 6.45) is 2.47. The number of aromatic nitrogens is 2. The predicted molar refractivity (Wildman–Crippen MR) is 151 cm³/mol. The average Bonchev–Trinajstić information content (AvgIpc) is 3.49. The molecule has 204 valence electrons. The molecule has 4 N–H and O–H groups in total. The number of nitrogens with one attached hydrogen (secondary N) is 4. The van der Waals surface area contributed by atoms with Gasteiger partial charge in [0.15, 0.2) is 5.01 Å². The standard InChI is InChI=1S/C26H31ClN6O3S.ClH/c1-3-28-23(34)14-4-6-18(30-24(35)21-12-15-10-16(27)5-7-17(15)29-21)20(11-14)31-25(36)26-32-19-8-9-33(2)13-22(19)37-26;/h5,7,10,12,14,18,20,29H,3-4,6,8-9,11,13H2,1-2H3,(H,28,34)(H,30,35)(H,31,36);1H. The number of halogens is 2. The van der Waals surface area contributed by atoms with Crippen molar-refractivity contribution in [3.05, 3.63) is 50.6 Å². The van der Waals surface area contributed by atoms with Crippen LogP contribution in [0.1, 0.15) is 57.0 Å². The van der Waals surface area contributed by atoms with Gasteiger partial charge >= 0.3 is 0 Å². The highest BCUT2D eigenvalue weighted by Gasteiger charge is 2.36. The summed E-state index contributed by atoms with van der Waals surface area (Å²) in [6, 6.07) is 6.45. The van der Waals surface area contributed by atoms with Crippen molar-refractivity contribution in [2.24, 2.45) is 5.92 Å². The van der Waals surface area contributed by atoms with Crippen LogP contribution in [-0.2, 0) is 17.8 Å². The molecule has 3 amide bonds. The van der Waals surface area contributed by atoms with Gasteiger partial charge in [-0.05, 0) is 57.5 Å². The number of fused-ring (bicyclic) bond motifs is 2. The lowest BCUT2D eigenvalue weighted by atomic mass is 9.81. The number of amides is 3. The maximum atomic E-state index is 13.3. The van der Waals surface area contributed by atoms with Gasteiger partial charge in [0.1, 0.15) is 5.69 Å². The summed E-state index contributed by atoms with van der Waals surface area (Å²) in [7, 11) is 2.06. The molecule has 38 heavy (non-hydrogen) atoms. The maximum Gasteiger partial charge on any atom is 0.280 e. The first-order valence-corrected chi connectivity index (χ1v) is 13.8. The van der Waals surface area contributed by atoms with Crippen LogP contribution in [0.2, 0.25) is 5.02 Å². The molecule has 9 nitrogen and oxygen atoms in total. The van der Waals surface area contributed by atoms with Crippen LogP contribution in [0.3, 0.4) is 0 Å². The number of thiazole rings is 1. The highest BCUT2D eigenvalue weighted by molar-refractivity contribution is 7.13. The molecule has 0 saturated heterocycles. The minimum Gasteiger partial charge on any atom is -0.356 e. The number of aromatic amines is 1. The van der Waals surface area contributed by atoms with Crippen LogP contribution in [-0.4, -0.2) is 64.8 Å². The van der Waals surface area contributed by atoms with E-state index in [1.807, 2.05) is 13.0 Å². The summed E-state index contributed by atoms with van der Waals surface area (Å²) < 4.78 is 0. The Balaban J connectivity index is 0.00000336. The molecular weight excluding hydrogens is 547 g/mol. The lowest BCUT2D eigenvalue weighted by Crippen LogP contribution is -2.56. The molecule has 0 radical (unpaired) electrons. The van der Waals surface area contributed by atoms with Gasteiger partial charge in [0.25, 0.3) is 11.8 Å². The summed E-state index contributed by atoms with van der Waals surface area (Å²) in [5.41, 5.74) is 2.23. The summed E-state index contributed by atoms with van der Waals surface area (Å²) in [5, 5.41) is 11.0. The summed E-state index contributed by atoms with van der Waals surface area (Å²) in [6.45, 7) is 4.15. The van der Waals surface area contributed by atoms with Crippen LogP contribution < -0.4 is 16.0 Å². The van der Waals surface area contributed by atoms with Crippen molar-refractivity contribution < 1.29 is 14.4 Å². The largest absolute Gasteiger partial charge is 0.356 e. The van der Waals surface area contributed by atoms with Crippen LogP contribution in [0.15, 0.2) is 24.3 Å². The lowest BCUT2D eigenvalue weighted by Gasteiger charge is -2.36. The van der Waals surface area contributed by atoms with E-state index in [1.54, 1.807) is 18.2 Å². The molecule has 2 aliphatic rings. The minimum absolute atomic E-state index is 0. The summed E-state index contributed by atoms with van der Waals surface area (Å²) >= 11 is 7.51. The monoisotopic (exact) mass is 578 g/mol. The molecule has 3 unspecified atom stereocenters. The number of hydrogen-bond donors (Lipinski definition) is 4. The highest BCUT2D eigenvalue weighted by atomic mass is 35.5. The van der Waals surface area contributed by atoms with Crippen LogP contribution in [0.25, 0.3) is 10.9 Å². The van der Waals surface area contributed by atoms with E-state index in [9.17, 15) is 14.4 Å². The molecule has 1 fully saturated rings. The van der Waals surface area contributed by atoms with Gasteiger partial charge in [-0.25, -0.2) is 4.98 Å². The van der Waals surface area contributed by atoms with E-state index in [4.69, 9.17) is 11.6 Å². The van der Waals surface area contributed by atoms with Gasteiger partial charge in [-0.2, -0.15) is 0 Å². The molecule has 2 aromatic heterocycles. The Kier molecular flexibility index (Phi) is 8.97. The highest BCUT2D eigenvalue weighted by Crippen LogP contribution is 2.28. The van der Waals surface area contributed by atoms with Crippen LogP contribution in [0, 0.1) is 5.92 Å². The minimum atomic E-state index is -0.403. The van der Waals surface area contributed by atoms with Gasteiger partial charge < -0.3 is 25.8 Å². The second-order valence-corrected chi connectivity index (χ2v) is 11.4. The Morgan fingerprint density at radius 3 is 2.74 bits per heavy atom. The van der Waals surface area contributed by atoms with E-state index < -0.39 is 6.04 Å². The number of H-pyrrole nitrogens is 1. The number of carbonyl (C=O) groups is 3. The topological polar surface area (TPSA) is 119 Å². The van der Waals surface area contributed by atoms with Crippen LogP contribution in [0.4, 0.5) is 0 Å². The van der Waals surface area contributed by atoms with Crippen LogP contribution in [0.5, 0.6) is 0 Å². The normalized spacial score (nSPS) is 21.3. The van der Waals surface area contributed by atoms with Crippen molar-refractivity contribution in [2.45, 2.75) is 51.2 Å². The Hall–Kier alpha value is -2.66. The Bertz CT molecular complexity index is 1340. The molecule has 3 aromatic rings. The molecule has 3 heterocycles. The Morgan fingerprint density at radius 2 is 1.95 bits per heavy atom. The first kappa shape index (κ1) is 28.4. The Labute approximate surface area is 236 Å². The molecule has 5 rings (SSSR count). The Morgan fingerprint density at radius 1 is 1.16 bits per heavy atom. The van der Waals surface area contributed by atoms with E-state index in [1.165, 1.54) is 11.3 Å². The molecule has 3 atom stereocenters. The van der Waals surface area contributed by atoms with Gasteiger partial charge in [-0.15, -0.1) is 23.7 Å². The van der Waals surface area contributed by atoms with Crippen molar-refractivity contribution in [2.75, 3.05) is 20.1 Å². The first-order valence-electron chi connectivity index (χ1n) is 12.7. The first-order chi connectivity index (χ1) is 17.8. The van der Waals surface area contributed by atoms with Crippen molar-refractivity contribution in [1.29, 1.82) is 0 Å². The summed E-state index contributed by atoms with van der Waals surface area (Å²) in [4.78, 5) is 50.1. The fourth-order valence-electron chi connectivity index (χ4n) is 5.18. The van der Waals surface area contributed by atoms with Crippen molar-refractivity contribution in [3.63, 3.8) is 0 Å². The third-order valence-electron chi connectivity index (χ3n) is 7.15. The second kappa shape index (κ2) is 12.0. The second-order valence-electron chi connectivity index (χ2n) is 9.86. The zero-order valence-electron chi connectivity index (χ0n) is 21.3. The average molecular weight is 580 g/mol. The number of hydrogen-bond acceptors (Lipinski definition) is 6. The van der Waals surface area contributed by atoms with E-state index in [-0.39, 0.29) is 42.1 Å². The zero-order valence-corrected chi connectivity index (χ0v) is 23.7. The molecule has 1 aliphatic heterocycles. The number of benzene rings is 1. The zero-order chi connectivity index (χ0) is 26.1. The molecule has 1 aliphatic carbocycles. The van der Waals surface area contributed by atoms with E-state index >= 15 is 0 Å². The van der Waals surface area contributed by atoms with E-state index in [0.29, 0.717) is 41.5 Å². The molecule has 1 aromatic carbocycles. The van der Waals surface area contributed by atoms with Crippen molar-refractivity contribution in [1.82, 2.24) is 30.8 Å². The molecular formula is C26H32Cl2N6O3S. The number of carbonyl (C=O) groups excluding carboxylic acids is 3. The fourth-order valence-corrected chi connectivity index (χ4v) is 6.45. The maximum absolute atomic E-state index is 13.3. The van der Waals surface area contributed by atoms with E-state index in [0.717, 1.165) is 41.0 Å². The third kappa shape index (κ3) is 6.14. The smallest absolute Gasteiger partial charge is 0.280 e. The number of rotatable bonds is 6. The van der Waals surface area contributed by atoms with Gasteiger partial charge in [-0.3, -0.25) is 14.4 Å². The van der Waals surface area contributed by atoms with Crippen LogP contribution >= 0.6 is 35.3 Å². The molecule has 1 saturated carbocycles. The van der Waals surface area contributed by atoms with E-state index in [2.05, 4.69) is 37.9 Å². The predicted octanol–water partition coefficient (Wildman–Crippen LogP) is 3.52. The van der Waals surface area contributed by atoms with Gasteiger partial charge in [0, 0.05) is 58.8 Å². The lowest BCUT2D eigenvalue weighted by molar-refractivity contribution is -0.126. The van der Waals surface area contributed by atoms with Gasteiger partial charge in [-0.1, -0.05) is 11.6 Å².